The molecule has 4 rings (SSSR count). The van der Waals surface area contributed by atoms with Crippen LogP contribution in [0.3, 0.4) is 0 Å². The van der Waals surface area contributed by atoms with Crippen LogP contribution < -0.4 is 14.8 Å². The highest BCUT2D eigenvalue weighted by atomic mass is 32.2. The number of fused-ring (bicyclic) bond motifs is 1. The molecule has 2 aromatic carbocycles. The van der Waals surface area contributed by atoms with Crippen molar-refractivity contribution < 1.29 is 17.9 Å². The number of hydrogen-bond donors (Lipinski definition) is 1. The van der Waals surface area contributed by atoms with Crippen LogP contribution >= 0.6 is 0 Å². The molecule has 0 aliphatic rings. The van der Waals surface area contributed by atoms with E-state index in [4.69, 9.17) is 19.6 Å². The molecule has 0 atom stereocenters. The van der Waals surface area contributed by atoms with E-state index in [1.165, 1.54) is 6.26 Å². The molecule has 172 valence electrons. The van der Waals surface area contributed by atoms with Gasteiger partial charge in [-0.25, -0.2) is 13.4 Å². The molecule has 0 spiro atoms. The van der Waals surface area contributed by atoms with Gasteiger partial charge < -0.3 is 14.8 Å². The summed E-state index contributed by atoms with van der Waals surface area (Å²) in [4.78, 5) is 5.05. The van der Waals surface area contributed by atoms with Gasteiger partial charge in [0.2, 0.25) is 0 Å². The molecule has 2 heterocycles. The normalized spacial score (nSPS) is 11.5. The Hall–Kier alpha value is -3.59. The Morgan fingerprint density at radius 3 is 2.30 bits per heavy atom. The predicted molar refractivity (Wildman–Crippen MR) is 128 cm³/mol. The zero-order chi connectivity index (χ0) is 23.8. The molecule has 0 bridgehead atoms. The number of methoxy groups -OCH3 is 2. The number of sulfone groups is 1. The summed E-state index contributed by atoms with van der Waals surface area (Å²) >= 11 is 0. The fourth-order valence-corrected chi connectivity index (χ4v) is 4.38. The number of nitrogens with zero attached hydrogens (tertiary/aromatic N) is 3. The summed E-state index contributed by atoms with van der Waals surface area (Å²) in [5, 5.41) is 8.13. The highest BCUT2D eigenvalue weighted by molar-refractivity contribution is 7.90. The van der Waals surface area contributed by atoms with Crippen LogP contribution in [0.15, 0.2) is 53.4 Å². The summed E-state index contributed by atoms with van der Waals surface area (Å²) in [7, 11) is -0.00324. The smallest absolute Gasteiger partial charge is 0.175 e. The molecule has 0 aliphatic heterocycles. The molecule has 0 aliphatic carbocycles. The van der Waals surface area contributed by atoms with E-state index in [0.29, 0.717) is 22.9 Å². The summed E-state index contributed by atoms with van der Waals surface area (Å²) in [6, 6.07) is 14.5. The second-order valence-electron chi connectivity index (χ2n) is 7.82. The molecule has 8 nitrogen and oxygen atoms in total. The molecule has 0 fully saturated rings. The summed E-state index contributed by atoms with van der Waals surface area (Å²) in [6.07, 6.45) is 1.20. The number of ether oxygens (including phenoxy) is 2. The Balaban J connectivity index is 1.70. The standard InChI is InChI=1S/C24H26N4O4S/c1-15-12-22(25-14-17-6-9-19(10-7-17)33(5,29)30)28-24(26-15)23(16(2)27-28)18-8-11-20(31-3)21(13-18)32-4/h6-13,25H,14H2,1-5H3. The van der Waals surface area contributed by atoms with E-state index >= 15 is 0 Å². The van der Waals surface area contributed by atoms with Crippen LogP contribution in [-0.2, 0) is 16.4 Å². The first-order valence-electron chi connectivity index (χ1n) is 10.3. The lowest BCUT2D eigenvalue weighted by molar-refractivity contribution is 0.355. The van der Waals surface area contributed by atoms with Crippen molar-refractivity contribution in [3.05, 3.63) is 65.5 Å². The maximum absolute atomic E-state index is 11.7. The molecule has 33 heavy (non-hydrogen) atoms. The number of aromatic nitrogens is 3. The molecular formula is C24H26N4O4S. The summed E-state index contributed by atoms with van der Waals surface area (Å²) in [6.45, 7) is 4.39. The maximum Gasteiger partial charge on any atom is 0.175 e. The lowest BCUT2D eigenvalue weighted by atomic mass is 10.1. The third kappa shape index (κ3) is 4.49. The molecule has 1 N–H and O–H groups in total. The van der Waals surface area contributed by atoms with Gasteiger partial charge in [-0.05, 0) is 49.2 Å². The number of nitrogens with one attached hydrogen (secondary N) is 1. The average Bonchev–Trinajstić information content (AvgIpc) is 3.12. The number of aryl methyl sites for hydroxylation is 2. The van der Waals surface area contributed by atoms with Crippen molar-refractivity contribution in [1.82, 2.24) is 14.6 Å². The fraction of sp³-hybridized carbons (Fsp3) is 0.250. The van der Waals surface area contributed by atoms with Gasteiger partial charge in [-0.2, -0.15) is 9.61 Å². The van der Waals surface area contributed by atoms with E-state index in [0.717, 1.165) is 39.5 Å². The molecule has 0 amide bonds. The monoisotopic (exact) mass is 466 g/mol. The lowest BCUT2D eigenvalue weighted by Crippen LogP contribution is -2.07. The molecular weight excluding hydrogens is 440 g/mol. The molecule has 0 unspecified atom stereocenters. The molecule has 2 aromatic heterocycles. The van der Waals surface area contributed by atoms with E-state index in [2.05, 4.69) is 5.32 Å². The van der Waals surface area contributed by atoms with Crippen LogP contribution in [0.25, 0.3) is 16.8 Å². The largest absolute Gasteiger partial charge is 0.493 e. The van der Waals surface area contributed by atoms with Crippen LogP contribution in [0.2, 0.25) is 0 Å². The Morgan fingerprint density at radius 1 is 0.970 bits per heavy atom. The first kappa shape index (κ1) is 22.6. The van der Waals surface area contributed by atoms with Gasteiger partial charge in [0.1, 0.15) is 5.82 Å². The second-order valence-corrected chi connectivity index (χ2v) is 9.83. The van der Waals surface area contributed by atoms with E-state index < -0.39 is 9.84 Å². The molecule has 4 aromatic rings. The Labute approximate surface area is 193 Å². The van der Waals surface area contributed by atoms with Gasteiger partial charge in [-0.15, -0.1) is 0 Å². The van der Waals surface area contributed by atoms with E-state index in [1.54, 1.807) is 43.0 Å². The van der Waals surface area contributed by atoms with Gasteiger partial charge >= 0.3 is 0 Å². The quantitative estimate of drug-likeness (QED) is 0.439. The van der Waals surface area contributed by atoms with Crippen LogP contribution in [0.1, 0.15) is 17.0 Å². The Kier molecular flexibility index (Phi) is 5.99. The molecule has 9 heteroatoms. The highest BCUT2D eigenvalue weighted by Gasteiger charge is 2.18. The van der Waals surface area contributed by atoms with Crippen LogP contribution in [0, 0.1) is 13.8 Å². The number of hydrogen-bond acceptors (Lipinski definition) is 7. The maximum atomic E-state index is 11.7. The first-order valence-corrected chi connectivity index (χ1v) is 12.2. The predicted octanol–water partition coefficient (Wildman–Crippen LogP) is 4.05. The lowest BCUT2D eigenvalue weighted by Gasteiger charge is -2.11. The SMILES string of the molecule is COc1ccc(-c2c(C)nn3c(NCc4ccc(S(C)(=O)=O)cc4)cc(C)nc23)cc1OC. The second kappa shape index (κ2) is 8.74. The van der Waals surface area contributed by atoms with Crippen molar-refractivity contribution in [1.29, 1.82) is 0 Å². The van der Waals surface area contributed by atoms with Gasteiger partial charge in [0.15, 0.2) is 27.0 Å². The van der Waals surface area contributed by atoms with Gasteiger partial charge in [-0.3, -0.25) is 0 Å². The third-order valence-electron chi connectivity index (χ3n) is 5.39. The van der Waals surface area contributed by atoms with Crippen molar-refractivity contribution in [2.24, 2.45) is 0 Å². The number of rotatable bonds is 7. The van der Waals surface area contributed by atoms with E-state index in [-0.39, 0.29) is 0 Å². The van der Waals surface area contributed by atoms with Crippen molar-refractivity contribution in [2.75, 3.05) is 25.8 Å². The van der Waals surface area contributed by atoms with Crippen molar-refractivity contribution in [2.45, 2.75) is 25.3 Å². The third-order valence-corrected chi connectivity index (χ3v) is 6.52. The number of anilines is 1. The molecule has 0 saturated heterocycles. The van der Waals surface area contributed by atoms with Crippen molar-refractivity contribution in [3.63, 3.8) is 0 Å². The van der Waals surface area contributed by atoms with Crippen LogP contribution in [-0.4, -0.2) is 43.5 Å². The van der Waals surface area contributed by atoms with Gasteiger partial charge in [-0.1, -0.05) is 18.2 Å². The summed E-state index contributed by atoms with van der Waals surface area (Å²) in [5.74, 6) is 2.08. The topological polar surface area (TPSA) is 94.8 Å². The summed E-state index contributed by atoms with van der Waals surface area (Å²) in [5.41, 5.74) is 5.21. The van der Waals surface area contributed by atoms with Crippen molar-refractivity contribution in [3.8, 4) is 22.6 Å². The Morgan fingerprint density at radius 2 is 1.67 bits per heavy atom. The van der Waals surface area contributed by atoms with E-state index in [9.17, 15) is 8.42 Å². The average molecular weight is 467 g/mol. The fourth-order valence-electron chi connectivity index (χ4n) is 3.75. The van der Waals surface area contributed by atoms with Gasteiger partial charge in [0.25, 0.3) is 0 Å². The number of benzene rings is 2. The first-order chi connectivity index (χ1) is 15.7. The molecule has 0 saturated carbocycles. The van der Waals surface area contributed by atoms with Crippen LogP contribution in [0.4, 0.5) is 5.82 Å². The Bertz CT molecular complexity index is 1430. The minimum Gasteiger partial charge on any atom is -0.493 e. The van der Waals surface area contributed by atoms with Gasteiger partial charge in [0, 0.05) is 30.1 Å². The zero-order valence-corrected chi connectivity index (χ0v) is 20.0. The minimum atomic E-state index is -3.22. The van der Waals surface area contributed by atoms with Crippen LogP contribution in [0.5, 0.6) is 11.5 Å². The van der Waals surface area contributed by atoms with Gasteiger partial charge in [0.05, 0.1) is 24.8 Å². The van der Waals surface area contributed by atoms with Crippen molar-refractivity contribution >= 4 is 21.3 Å². The minimum absolute atomic E-state index is 0.302. The zero-order valence-electron chi connectivity index (χ0n) is 19.2. The van der Waals surface area contributed by atoms with E-state index in [1.807, 2.05) is 38.1 Å². The molecule has 0 radical (unpaired) electrons. The highest BCUT2D eigenvalue weighted by Crippen LogP contribution is 2.35. The summed E-state index contributed by atoms with van der Waals surface area (Å²) < 4.78 is 36.0.